The van der Waals surface area contributed by atoms with Gasteiger partial charge in [-0.05, 0) is 40.5 Å². The number of methoxy groups -OCH3 is 1. The number of aromatic nitrogens is 2. The maximum absolute atomic E-state index is 5.24. The Morgan fingerprint density at radius 2 is 1.35 bits per heavy atom. The molecule has 0 amide bonds. The van der Waals surface area contributed by atoms with Crippen molar-refractivity contribution in [2.24, 2.45) is 0 Å². The first-order valence-electron chi connectivity index (χ1n) is 12.0. The van der Waals surface area contributed by atoms with Crippen molar-refractivity contribution in [3.8, 4) is 28.3 Å². The first-order valence-corrected chi connectivity index (χ1v) is 12.0. The lowest BCUT2D eigenvalue weighted by molar-refractivity contribution is -0.689. The van der Waals surface area contributed by atoms with E-state index in [0.29, 0.717) is 0 Å². The van der Waals surface area contributed by atoms with Crippen LogP contribution in [0.4, 0.5) is 0 Å². The van der Waals surface area contributed by atoms with Gasteiger partial charge in [-0.3, -0.25) is 0 Å². The van der Waals surface area contributed by atoms with Gasteiger partial charge in [0.05, 0.1) is 18.2 Å². The quantitative estimate of drug-likeness (QED) is 0.302. The van der Waals surface area contributed by atoms with Crippen molar-refractivity contribution >= 4 is 12.2 Å². The van der Waals surface area contributed by atoms with E-state index in [1.165, 1.54) is 39.2 Å². The summed E-state index contributed by atoms with van der Waals surface area (Å²) in [6.45, 7) is 2.07. The predicted molar refractivity (Wildman–Crippen MR) is 136 cm³/mol. The second kappa shape index (κ2) is 8.75. The number of fused-ring (bicyclic) bond motifs is 7. The fourth-order valence-corrected chi connectivity index (χ4v) is 5.18. The van der Waals surface area contributed by atoms with E-state index in [9.17, 15) is 0 Å². The van der Waals surface area contributed by atoms with Gasteiger partial charge in [-0.2, -0.15) is 9.13 Å². The number of allylic oxidation sites excluding steroid dienone is 2. The molecule has 0 N–H and O–H groups in total. The first-order chi connectivity index (χ1) is 16.8. The number of aryl methyl sites for hydroxylation is 4. The molecule has 2 aliphatic rings. The highest BCUT2D eigenvalue weighted by atomic mass is 16.5. The number of pyridine rings is 2. The molecular formula is C31H28N2O+2. The summed E-state index contributed by atoms with van der Waals surface area (Å²) < 4.78 is 10.0. The van der Waals surface area contributed by atoms with Crippen LogP contribution in [0.25, 0.3) is 34.7 Å². The molecule has 2 aromatic heterocycles. The summed E-state index contributed by atoms with van der Waals surface area (Å²) in [5.74, 6) is 0.878. The molecule has 4 heterocycles. The molecule has 0 aliphatic carbocycles. The van der Waals surface area contributed by atoms with Crippen LogP contribution in [0.1, 0.15) is 22.3 Å². The zero-order valence-electron chi connectivity index (χ0n) is 19.4. The van der Waals surface area contributed by atoms with E-state index in [1.54, 1.807) is 7.11 Å². The molecule has 34 heavy (non-hydrogen) atoms. The van der Waals surface area contributed by atoms with Crippen molar-refractivity contribution in [3.05, 3.63) is 114 Å². The van der Waals surface area contributed by atoms with Crippen LogP contribution >= 0.6 is 0 Å². The normalized spacial score (nSPS) is 13.9. The molecule has 6 rings (SSSR count). The van der Waals surface area contributed by atoms with Gasteiger partial charge in [0.1, 0.15) is 5.75 Å². The predicted octanol–water partition coefficient (Wildman–Crippen LogP) is 5.44. The van der Waals surface area contributed by atoms with Crippen molar-refractivity contribution < 1.29 is 13.9 Å². The molecular weight excluding hydrogens is 416 g/mol. The van der Waals surface area contributed by atoms with Crippen molar-refractivity contribution in [3.63, 3.8) is 0 Å². The molecule has 0 saturated heterocycles. The minimum absolute atomic E-state index is 0.878. The summed E-state index contributed by atoms with van der Waals surface area (Å²) >= 11 is 0. The second-order valence-electron chi connectivity index (χ2n) is 8.94. The van der Waals surface area contributed by atoms with E-state index in [2.05, 4.69) is 100 Å². The number of nitrogens with zero attached hydrogens (tertiary/aromatic N) is 2. The lowest BCUT2D eigenvalue weighted by atomic mass is 9.85. The summed E-state index contributed by atoms with van der Waals surface area (Å²) in [6.07, 6.45) is 15.1. The summed E-state index contributed by atoms with van der Waals surface area (Å²) in [7, 11) is 1.69. The van der Waals surface area contributed by atoms with Crippen LogP contribution in [0.15, 0.2) is 91.3 Å². The molecule has 0 bridgehead atoms. The molecule has 2 aromatic carbocycles. The Morgan fingerprint density at radius 3 is 2.09 bits per heavy atom. The van der Waals surface area contributed by atoms with Gasteiger partial charge in [-0.1, -0.05) is 48.6 Å². The largest absolute Gasteiger partial charge is 0.497 e. The highest BCUT2D eigenvalue weighted by molar-refractivity contribution is 5.84. The van der Waals surface area contributed by atoms with E-state index in [1.807, 2.05) is 12.1 Å². The Morgan fingerprint density at radius 1 is 0.676 bits per heavy atom. The van der Waals surface area contributed by atoms with Crippen molar-refractivity contribution in [2.75, 3.05) is 7.11 Å². The molecule has 0 spiro atoms. The number of benzene rings is 2. The van der Waals surface area contributed by atoms with Crippen molar-refractivity contribution in [1.82, 2.24) is 0 Å². The zero-order valence-corrected chi connectivity index (χ0v) is 19.4. The van der Waals surface area contributed by atoms with Gasteiger partial charge in [0.25, 0.3) is 0 Å². The Kier molecular flexibility index (Phi) is 5.31. The van der Waals surface area contributed by atoms with Crippen LogP contribution < -0.4 is 13.9 Å². The summed E-state index contributed by atoms with van der Waals surface area (Å²) in [4.78, 5) is 0. The Labute approximate surface area is 200 Å². The van der Waals surface area contributed by atoms with Crippen LogP contribution in [0.5, 0.6) is 5.75 Å². The van der Waals surface area contributed by atoms with Crippen LogP contribution in [0.3, 0.4) is 0 Å². The third kappa shape index (κ3) is 3.73. The second-order valence-corrected chi connectivity index (χ2v) is 8.94. The van der Waals surface area contributed by atoms with E-state index in [0.717, 1.165) is 37.2 Å². The van der Waals surface area contributed by atoms with Crippen LogP contribution in [0, 0.1) is 0 Å². The maximum Gasteiger partial charge on any atom is 0.214 e. The molecule has 2 aliphatic heterocycles. The smallest absolute Gasteiger partial charge is 0.214 e. The fraction of sp³-hybridized carbons (Fsp3) is 0.161. The molecule has 0 fully saturated rings. The van der Waals surface area contributed by atoms with E-state index < -0.39 is 0 Å². The highest BCUT2D eigenvalue weighted by Crippen LogP contribution is 2.39. The van der Waals surface area contributed by atoms with Crippen LogP contribution in [-0.2, 0) is 25.9 Å². The maximum atomic E-state index is 5.24. The lowest BCUT2D eigenvalue weighted by Gasteiger charge is -2.22. The van der Waals surface area contributed by atoms with Gasteiger partial charge in [-0.15, -0.1) is 0 Å². The van der Waals surface area contributed by atoms with Gasteiger partial charge in [-0.25, -0.2) is 0 Å². The molecule has 0 unspecified atom stereocenters. The number of ether oxygens (including phenoxy) is 1. The minimum atomic E-state index is 0.878. The standard InChI is InChI=1S/C31H28N2O/c1-34-27-13-9-23(10-14-27)6-2-3-7-24-15-19-33-21-17-26-12-11-25-16-20-32-18-5-4-8-28(32)30(25)31(26)29(33)22-24/h2-15,18-19,22H,16-17,20-21H2,1H3/q+2. The summed E-state index contributed by atoms with van der Waals surface area (Å²) in [6, 6.07) is 23.9. The van der Waals surface area contributed by atoms with Gasteiger partial charge in [0, 0.05) is 37.1 Å². The molecule has 0 atom stereocenters. The third-order valence-corrected chi connectivity index (χ3v) is 6.94. The Hall–Kier alpha value is -3.98. The zero-order chi connectivity index (χ0) is 22.9. The first kappa shape index (κ1) is 20.6. The van der Waals surface area contributed by atoms with E-state index >= 15 is 0 Å². The lowest BCUT2D eigenvalue weighted by Crippen LogP contribution is -2.43. The molecule has 3 nitrogen and oxygen atoms in total. The highest BCUT2D eigenvalue weighted by Gasteiger charge is 2.33. The average molecular weight is 445 g/mol. The molecule has 3 heteroatoms. The van der Waals surface area contributed by atoms with Gasteiger partial charge in [0.15, 0.2) is 25.5 Å². The van der Waals surface area contributed by atoms with Crippen LogP contribution in [0.2, 0.25) is 0 Å². The summed E-state index contributed by atoms with van der Waals surface area (Å²) in [5, 5.41) is 0. The number of hydrogen-bond acceptors (Lipinski definition) is 1. The van der Waals surface area contributed by atoms with Crippen molar-refractivity contribution in [2.45, 2.75) is 25.9 Å². The van der Waals surface area contributed by atoms with Crippen LogP contribution in [-0.4, -0.2) is 7.11 Å². The molecule has 4 aromatic rings. The van der Waals surface area contributed by atoms with E-state index in [-0.39, 0.29) is 0 Å². The monoisotopic (exact) mass is 444 g/mol. The topological polar surface area (TPSA) is 17.0 Å². The fourth-order valence-electron chi connectivity index (χ4n) is 5.18. The SMILES string of the molecule is COc1ccc(C=CC=Cc2cc[n+]3c(c2)-c2c(ccc4c2-c2cccc[n+]2CC4)CC3)cc1. The van der Waals surface area contributed by atoms with Gasteiger partial charge < -0.3 is 4.74 Å². The number of hydrogen-bond donors (Lipinski definition) is 0. The molecule has 166 valence electrons. The Bertz CT molecular complexity index is 1430. The Balaban J connectivity index is 1.35. The van der Waals surface area contributed by atoms with E-state index in [4.69, 9.17) is 4.74 Å². The average Bonchev–Trinajstić information content (AvgIpc) is 2.90. The van der Waals surface area contributed by atoms with Gasteiger partial charge in [0.2, 0.25) is 11.4 Å². The molecule has 0 saturated carbocycles. The molecule has 0 radical (unpaired) electrons. The minimum Gasteiger partial charge on any atom is -0.497 e. The van der Waals surface area contributed by atoms with Gasteiger partial charge >= 0.3 is 0 Å². The number of rotatable bonds is 4. The third-order valence-electron chi connectivity index (χ3n) is 6.94. The van der Waals surface area contributed by atoms with Crippen molar-refractivity contribution in [1.29, 1.82) is 0 Å². The summed E-state index contributed by atoms with van der Waals surface area (Å²) in [5.41, 5.74) is 10.8.